The molecule has 0 amide bonds. The molecule has 0 aliphatic heterocycles. The highest BCUT2D eigenvalue weighted by Crippen LogP contribution is 2.64. The summed E-state index contributed by atoms with van der Waals surface area (Å²) in [5.41, 5.74) is 4.72. The van der Waals surface area contributed by atoms with E-state index in [0.29, 0.717) is 17.3 Å². The van der Waals surface area contributed by atoms with E-state index in [2.05, 4.69) is 39.8 Å². The van der Waals surface area contributed by atoms with Gasteiger partial charge in [0, 0.05) is 16.2 Å². The normalized spacial score (nSPS) is 34.6. The SMILES string of the molecule is Cc1c([SiH3])ccc(C2CC3CC(C2C=O)C3(C)C)c1C. The molecule has 4 atom stereocenters. The van der Waals surface area contributed by atoms with Gasteiger partial charge >= 0.3 is 0 Å². The van der Waals surface area contributed by atoms with E-state index in [0.717, 1.165) is 16.2 Å². The Labute approximate surface area is 125 Å². The fraction of sp³-hybridized carbons (Fsp3) is 0.611. The van der Waals surface area contributed by atoms with Crippen LogP contribution in [-0.4, -0.2) is 16.5 Å². The molecule has 0 heterocycles. The van der Waals surface area contributed by atoms with Crippen LogP contribution in [0.4, 0.5) is 0 Å². The molecule has 20 heavy (non-hydrogen) atoms. The van der Waals surface area contributed by atoms with Gasteiger partial charge in [-0.25, -0.2) is 0 Å². The van der Waals surface area contributed by atoms with Crippen molar-refractivity contribution in [2.75, 3.05) is 0 Å². The maximum atomic E-state index is 11.7. The van der Waals surface area contributed by atoms with Crippen molar-refractivity contribution in [3.05, 3.63) is 28.8 Å². The number of carbonyl (C=O) groups excluding carboxylic acids is 1. The van der Waals surface area contributed by atoms with E-state index in [1.807, 2.05) is 0 Å². The van der Waals surface area contributed by atoms with Crippen molar-refractivity contribution in [1.29, 1.82) is 0 Å². The van der Waals surface area contributed by atoms with Crippen LogP contribution in [0, 0.1) is 37.0 Å². The van der Waals surface area contributed by atoms with E-state index in [1.54, 1.807) is 0 Å². The van der Waals surface area contributed by atoms with Gasteiger partial charge in [0.25, 0.3) is 0 Å². The van der Waals surface area contributed by atoms with Gasteiger partial charge in [-0.15, -0.1) is 0 Å². The second-order valence-electron chi connectivity index (χ2n) is 7.64. The highest BCUT2D eigenvalue weighted by Gasteiger charge is 2.57. The first-order chi connectivity index (χ1) is 9.37. The van der Waals surface area contributed by atoms with Crippen LogP contribution >= 0.6 is 0 Å². The van der Waals surface area contributed by atoms with Gasteiger partial charge in [0.1, 0.15) is 6.29 Å². The Morgan fingerprint density at radius 1 is 1.20 bits per heavy atom. The van der Waals surface area contributed by atoms with Crippen LogP contribution in [0.1, 0.15) is 49.3 Å². The quantitative estimate of drug-likeness (QED) is 0.602. The summed E-state index contributed by atoms with van der Waals surface area (Å²) in [6, 6.07) is 4.60. The van der Waals surface area contributed by atoms with E-state index in [9.17, 15) is 4.79 Å². The third-order valence-corrected chi connectivity index (χ3v) is 7.75. The van der Waals surface area contributed by atoms with Gasteiger partial charge < -0.3 is 4.79 Å². The lowest BCUT2D eigenvalue weighted by Gasteiger charge is -2.61. The lowest BCUT2D eigenvalue weighted by Crippen LogP contribution is -2.55. The lowest BCUT2D eigenvalue weighted by molar-refractivity contribution is -0.139. The Kier molecular flexibility index (Phi) is 3.20. The first-order valence-electron chi connectivity index (χ1n) is 7.90. The Hall–Kier alpha value is -0.893. The second-order valence-corrected chi connectivity index (χ2v) is 8.72. The molecule has 1 aromatic rings. The van der Waals surface area contributed by atoms with Crippen LogP contribution in [-0.2, 0) is 4.79 Å². The Morgan fingerprint density at radius 3 is 2.50 bits per heavy atom. The van der Waals surface area contributed by atoms with Crippen LogP contribution in [0.5, 0.6) is 0 Å². The van der Waals surface area contributed by atoms with E-state index >= 15 is 0 Å². The summed E-state index contributed by atoms with van der Waals surface area (Å²) in [5.74, 6) is 2.10. The highest BCUT2D eigenvalue weighted by atomic mass is 28.1. The third kappa shape index (κ3) is 1.77. The van der Waals surface area contributed by atoms with Crippen LogP contribution in [0.15, 0.2) is 12.1 Å². The van der Waals surface area contributed by atoms with Crippen molar-refractivity contribution in [3.8, 4) is 0 Å². The molecule has 0 radical (unpaired) electrons. The molecule has 2 heteroatoms. The molecular weight excluding hydrogens is 260 g/mol. The van der Waals surface area contributed by atoms with Crippen LogP contribution in [0.25, 0.3) is 0 Å². The molecule has 3 fully saturated rings. The Balaban J connectivity index is 2.00. The molecule has 0 N–H and O–H groups in total. The van der Waals surface area contributed by atoms with Gasteiger partial charge in [-0.05, 0) is 66.5 Å². The van der Waals surface area contributed by atoms with Crippen molar-refractivity contribution in [3.63, 3.8) is 0 Å². The number of rotatable bonds is 2. The molecule has 3 aliphatic rings. The Morgan fingerprint density at radius 2 is 1.90 bits per heavy atom. The van der Waals surface area contributed by atoms with Crippen LogP contribution < -0.4 is 5.19 Å². The molecule has 3 aliphatic carbocycles. The predicted octanol–water partition coefficient (Wildman–Crippen LogP) is 2.26. The Bertz CT molecular complexity index is 561. The second kappa shape index (κ2) is 4.56. The smallest absolute Gasteiger partial charge is 0.123 e. The monoisotopic (exact) mass is 286 g/mol. The topological polar surface area (TPSA) is 17.1 Å². The van der Waals surface area contributed by atoms with Crippen molar-refractivity contribution >= 4 is 21.7 Å². The van der Waals surface area contributed by atoms with Crippen molar-refractivity contribution in [1.82, 2.24) is 0 Å². The van der Waals surface area contributed by atoms with Gasteiger partial charge in [-0.3, -0.25) is 0 Å². The minimum Gasteiger partial charge on any atom is -0.303 e. The maximum absolute atomic E-state index is 11.7. The first-order valence-corrected chi connectivity index (χ1v) is 8.90. The summed E-state index contributed by atoms with van der Waals surface area (Å²) in [5, 5.41) is 1.50. The number of hydrogen-bond acceptors (Lipinski definition) is 1. The van der Waals surface area contributed by atoms with Gasteiger partial charge in [-0.1, -0.05) is 31.2 Å². The van der Waals surface area contributed by atoms with Gasteiger partial charge in [0.15, 0.2) is 0 Å². The van der Waals surface area contributed by atoms with Crippen LogP contribution in [0.2, 0.25) is 0 Å². The van der Waals surface area contributed by atoms with Crippen molar-refractivity contribution < 1.29 is 4.79 Å². The number of aldehydes is 1. The van der Waals surface area contributed by atoms with Gasteiger partial charge in [-0.2, -0.15) is 0 Å². The van der Waals surface area contributed by atoms with Gasteiger partial charge in [0.2, 0.25) is 0 Å². The molecule has 2 bridgehead atoms. The maximum Gasteiger partial charge on any atom is 0.123 e. The van der Waals surface area contributed by atoms with E-state index < -0.39 is 0 Å². The fourth-order valence-corrected chi connectivity index (χ4v) is 5.30. The standard InChI is InChI=1S/C18H26OSi/c1-10-11(2)17(20)6-5-13(10)14-7-12-8-16(15(14)9-19)18(12,3)4/h5-6,9,12,14-16H,7-8H2,1-4,20H3. The molecule has 1 aromatic carbocycles. The summed E-state index contributed by atoms with van der Waals surface area (Å²) in [4.78, 5) is 11.7. The molecule has 0 spiro atoms. The summed E-state index contributed by atoms with van der Waals surface area (Å²) in [6.45, 7) is 9.21. The summed E-state index contributed by atoms with van der Waals surface area (Å²) in [7, 11) is 1.11. The molecule has 0 aromatic heterocycles. The third-order valence-electron chi connectivity index (χ3n) is 6.67. The van der Waals surface area contributed by atoms with E-state index in [-0.39, 0.29) is 5.92 Å². The lowest BCUT2D eigenvalue weighted by atomic mass is 9.42. The largest absolute Gasteiger partial charge is 0.303 e. The molecule has 3 saturated carbocycles. The number of hydrogen-bond donors (Lipinski definition) is 0. The summed E-state index contributed by atoms with van der Waals surface area (Å²) < 4.78 is 0. The van der Waals surface area contributed by atoms with Crippen LogP contribution in [0.3, 0.4) is 0 Å². The summed E-state index contributed by atoms with van der Waals surface area (Å²) >= 11 is 0. The van der Waals surface area contributed by atoms with E-state index in [4.69, 9.17) is 0 Å². The number of benzene rings is 1. The first kappa shape index (κ1) is 14.1. The average molecular weight is 286 g/mol. The zero-order chi connectivity index (χ0) is 14.7. The predicted molar refractivity (Wildman–Crippen MR) is 87.8 cm³/mol. The number of fused-ring (bicyclic) bond motifs is 2. The summed E-state index contributed by atoms with van der Waals surface area (Å²) in [6.07, 6.45) is 3.73. The molecular formula is C18H26OSi. The molecule has 4 rings (SSSR count). The zero-order valence-corrected chi connectivity index (χ0v) is 15.4. The van der Waals surface area contributed by atoms with Crippen molar-refractivity contribution in [2.24, 2.45) is 23.2 Å². The molecule has 4 unspecified atom stereocenters. The molecule has 108 valence electrons. The zero-order valence-electron chi connectivity index (χ0n) is 13.4. The highest BCUT2D eigenvalue weighted by molar-refractivity contribution is 6.33. The average Bonchev–Trinajstić information content (AvgIpc) is 2.44. The fourth-order valence-electron chi connectivity index (χ4n) is 4.76. The minimum atomic E-state index is 0.230. The van der Waals surface area contributed by atoms with Gasteiger partial charge in [0.05, 0.1) is 0 Å². The molecule has 0 saturated heterocycles. The van der Waals surface area contributed by atoms with E-state index in [1.165, 1.54) is 41.0 Å². The minimum absolute atomic E-state index is 0.230. The van der Waals surface area contributed by atoms with Crippen molar-refractivity contribution in [2.45, 2.75) is 46.5 Å². The number of carbonyl (C=O) groups is 1. The molecule has 1 nitrogen and oxygen atoms in total.